The van der Waals surface area contributed by atoms with Crippen LogP contribution in [0, 0.1) is 0 Å². The van der Waals surface area contributed by atoms with Crippen LogP contribution in [0.2, 0.25) is 5.02 Å². The third-order valence-corrected chi connectivity index (χ3v) is 4.05. The molecule has 0 saturated carbocycles. The van der Waals surface area contributed by atoms with E-state index < -0.39 is 18.5 Å². The van der Waals surface area contributed by atoms with Crippen molar-refractivity contribution in [2.75, 3.05) is 17.2 Å². The number of halogens is 1. The Morgan fingerprint density at radius 2 is 1.55 bits per heavy atom. The number of nitrogens with one attached hydrogen (secondary N) is 2. The minimum absolute atomic E-state index is 0.00999. The lowest BCUT2D eigenvalue weighted by Crippen LogP contribution is -2.21. The van der Waals surface area contributed by atoms with E-state index in [9.17, 15) is 19.2 Å². The lowest BCUT2D eigenvalue weighted by Gasteiger charge is -2.08. The molecule has 0 aromatic heterocycles. The van der Waals surface area contributed by atoms with Crippen molar-refractivity contribution >= 4 is 46.5 Å². The van der Waals surface area contributed by atoms with E-state index in [0.29, 0.717) is 22.0 Å². The zero-order valence-corrected chi connectivity index (χ0v) is 16.6. The van der Waals surface area contributed by atoms with Gasteiger partial charge >= 0.3 is 5.97 Å². The number of amides is 2. The predicted octanol–water partition coefficient (Wildman–Crippen LogP) is 3.83. The highest BCUT2D eigenvalue weighted by Crippen LogP contribution is 2.15. The summed E-state index contributed by atoms with van der Waals surface area (Å²) in [6, 6.07) is 13.2. The molecule has 0 bridgehead atoms. The lowest BCUT2D eigenvalue weighted by molar-refractivity contribution is -0.147. The fourth-order valence-corrected chi connectivity index (χ4v) is 2.60. The van der Waals surface area contributed by atoms with Crippen LogP contribution in [0.25, 0.3) is 0 Å². The van der Waals surface area contributed by atoms with Crippen LogP contribution in [0.4, 0.5) is 11.4 Å². The van der Waals surface area contributed by atoms with Gasteiger partial charge in [0.15, 0.2) is 12.4 Å². The number of hydrogen-bond donors (Lipinski definition) is 2. The Balaban J connectivity index is 1.66. The average molecular weight is 417 g/mol. The number of anilines is 2. The summed E-state index contributed by atoms with van der Waals surface area (Å²) in [5.74, 6) is -1.46. The van der Waals surface area contributed by atoms with Gasteiger partial charge in [-0.3, -0.25) is 19.2 Å². The second-order valence-corrected chi connectivity index (χ2v) is 6.69. The van der Waals surface area contributed by atoms with E-state index in [0.717, 1.165) is 0 Å². The third kappa shape index (κ3) is 8.15. The quantitative estimate of drug-likeness (QED) is 0.477. The van der Waals surface area contributed by atoms with Crippen LogP contribution >= 0.6 is 11.6 Å². The van der Waals surface area contributed by atoms with Crippen molar-refractivity contribution < 1.29 is 23.9 Å². The molecule has 7 nitrogen and oxygen atoms in total. The van der Waals surface area contributed by atoms with Crippen LogP contribution in [0.3, 0.4) is 0 Å². The van der Waals surface area contributed by atoms with E-state index in [1.807, 2.05) is 0 Å². The zero-order chi connectivity index (χ0) is 21.2. The smallest absolute Gasteiger partial charge is 0.306 e. The molecular formula is C21H21ClN2O5. The fraction of sp³-hybridized carbons (Fsp3) is 0.238. The number of ether oxygens (including phenoxy) is 1. The Morgan fingerprint density at radius 1 is 0.897 bits per heavy atom. The molecule has 0 spiro atoms. The molecule has 0 aliphatic rings. The van der Waals surface area contributed by atoms with E-state index in [-0.39, 0.29) is 31.0 Å². The summed E-state index contributed by atoms with van der Waals surface area (Å²) in [7, 11) is 0. The van der Waals surface area contributed by atoms with Gasteiger partial charge in [-0.2, -0.15) is 0 Å². The summed E-state index contributed by atoms with van der Waals surface area (Å²) in [5, 5.41) is 5.75. The third-order valence-electron chi connectivity index (χ3n) is 3.81. The van der Waals surface area contributed by atoms with Gasteiger partial charge in [0.25, 0.3) is 5.91 Å². The molecule has 0 saturated heterocycles. The van der Waals surface area contributed by atoms with Crippen LogP contribution in [-0.4, -0.2) is 30.2 Å². The molecule has 2 aromatic carbocycles. The van der Waals surface area contributed by atoms with Gasteiger partial charge in [0.05, 0.1) is 0 Å². The molecule has 2 aromatic rings. The highest BCUT2D eigenvalue weighted by molar-refractivity contribution is 6.30. The molecule has 2 N–H and O–H groups in total. The maximum absolute atomic E-state index is 11.9. The topological polar surface area (TPSA) is 102 Å². The Hall–Kier alpha value is -3.19. The summed E-state index contributed by atoms with van der Waals surface area (Å²) in [4.78, 5) is 46.8. The minimum atomic E-state index is -0.576. The standard InChI is InChI=1S/C21H21ClN2O5/c1-14(25)15-5-2-7-17(11-15)24-20(27)13-29-21(28)10-4-9-19(26)23-18-8-3-6-16(22)12-18/h2-3,5-8,11-12H,4,9-10,13H2,1H3,(H,23,26)(H,24,27). The molecule has 2 amide bonds. The van der Waals surface area contributed by atoms with Crippen molar-refractivity contribution in [2.45, 2.75) is 26.2 Å². The number of rotatable bonds is 9. The van der Waals surface area contributed by atoms with Crippen LogP contribution in [0.15, 0.2) is 48.5 Å². The van der Waals surface area contributed by atoms with Crippen LogP contribution in [0.1, 0.15) is 36.5 Å². The van der Waals surface area contributed by atoms with Gasteiger partial charge in [-0.05, 0) is 43.7 Å². The molecule has 0 aliphatic heterocycles. The van der Waals surface area contributed by atoms with Crippen molar-refractivity contribution in [1.29, 1.82) is 0 Å². The average Bonchev–Trinajstić information content (AvgIpc) is 2.66. The molecule has 29 heavy (non-hydrogen) atoms. The Morgan fingerprint density at radius 3 is 2.24 bits per heavy atom. The van der Waals surface area contributed by atoms with Gasteiger partial charge in [-0.25, -0.2) is 0 Å². The molecule has 0 atom stereocenters. The van der Waals surface area contributed by atoms with Crippen molar-refractivity contribution in [2.24, 2.45) is 0 Å². The Bertz CT molecular complexity index is 913. The first kappa shape index (κ1) is 22.1. The van der Waals surface area contributed by atoms with E-state index in [2.05, 4.69) is 10.6 Å². The number of Topliss-reactive ketones (excluding diaryl/α,β-unsaturated/α-hetero) is 1. The van der Waals surface area contributed by atoms with E-state index in [4.69, 9.17) is 16.3 Å². The number of carbonyl (C=O) groups is 4. The van der Waals surface area contributed by atoms with Crippen molar-refractivity contribution in [3.05, 3.63) is 59.1 Å². The lowest BCUT2D eigenvalue weighted by atomic mass is 10.1. The molecule has 0 aliphatic carbocycles. The number of hydrogen-bond acceptors (Lipinski definition) is 5. The van der Waals surface area contributed by atoms with E-state index in [1.165, 1.54) is 6.92 Å². The molecule has 0 radical (unpaired) electrons. The first-order valence-corrected chi connectivity index (χ1v) is 9.33. The van der Waals surface area contributed by atoms with Crippen molar-refractivity contribution in [1.82, 2.24) is 0 Å². The maximum Gasteiger partial charge on any atom is 0.306 e. The fourth-order valence-electron chi connectivity index (χ4n) is 2.41. The normalized spacial score (nSPS) is 10.1. The Labute approximate surface area is 173 Å². The van der Waals surface area contributed by atoms with Gasteiger partial charge in [0, 0.05) is 34.8 Å². The van der Waals surface area contributed by atoms with Crippen molar-refractivity contribution in [3.8, 4) is 0 Å². The monoisotopic (exact) mass is 416 g/mol. The first-order chi connectivity index (χ1) is 13.8. The van der Waals surface area contributed by atoms with Gasteiger partial charge < -0.3 is 15.4 Å². The second kappa shape index (κ2) is 11.0. The molecule has 2 rings (SSSR count). The number of carbonyl (C=O) groups excluding carboxylic acids is 4. The predicted molar refractivity (Wildman–Crippen MR) is 110 cm³/mol. The maximum atomic E-state index is 11.9. The van der Waals surface area contributed by atoms with Crippen molar-refractivity contribution in [3.63, 3.8) is 0 Å². The van der Waals surface area contributed by atoms with Crippen LogP contribution < -0.4 is 10.6 Å². The Kier molecular flexibility index (Phi) is 8.36. The van der Waals surface area contributed by atoms with Gasteiger partial charge in [-0.1, -0.05) is 29.8 Å². The minimum Gasteiger partial charge on any atom is -0.456 e. The zero-order valence-electron chi connectivity index (χ0n) is 15.9. The first-order valence-electron chi connectivity index (χ1n) is 8.95. The van der Waals surface area contributed by atoms with Gasteiger partial charge in [0.1, 0.15) is 0 Å². The molecule has 152 valence electrons. The second-order valence-electron chi connectivity index (χ2n) is 6.26. The number of benzene rings is 2. The largest absolute Gasteiger partial charge is 0.456 e. The molecular weight excluding hydrogens is 396 g/mol. The SMILES string of the molecule is CC(=O)c1cccc(NC(=O)COC(=O)CCCC(=O)Nc2cccc(Cl)c2)c1. The van der Waals surface area contributed by atoms with Crippen LogP contribution in [0.5, 0.6) is 0 Å². The molecule has 0 fully saturated rings. The highest BCUT2D eigenvalue weighted by Gasteiger charge is 2.10. The summed E-state index contributed by atoms with van der Waals surface area (Å²) >= 11 is 5.85. The molecule has 0 heterocycles. The molecule has 0 unspecified atom stereocenters. The van der Waals surface area contributed by atoms with Gasteiger partial charge in [0.2, 0.25) is 5.91 Å². The summed E-state index contributed by atoms with van der Waals surface area (Å²) < 4.78 is 4.90. The summed E-state index contributed by atoms with van der Waals surface area (Å²) in [6.07, 6.45) is 0.426. The summed E-state index contributed by atoms with van der Waals surface area (Å²) in [5.41, 5.74) is 1.49. The highest BCUT2D eigenvalue weighted by atomic mass is 35.5. The van der Waals surface area contributed by atoms with E-state index in [1.54, 1.807) is 48.5 Å². The molecule has 8 heteroatoms. The number of ketones is 1. The summed E-state index contributed by atoms with van der Waals surface area (Å²) in [6.45, 7) is 0.982. The van der Waals surface area contributed by atoms with Crippen LogP contribution in [-0.2, 0) is 19.1 Å². The van der Waals surface area contributed by atoms with E-state index >= 15 is 0 Å². The number of esters is 1. The van der Waals surface area contributed by atoms with Gasteiger partial charge in [-0.15, -0.1) is 0 Å².